The van der Waals surface area contributed by atoms with Crippen LogP contribution in [0.25, 0.3) is 0 Å². The van der Waals surface area contributed by atoms with Crippen molar-refractivity contribution in [2.24, 2.45) is 5.73 Å². The first-order chi connectivity index (χ1) is 9.56. The van der Waals surface area contributed by atoms with E-state index in [1.807, 2.05) is 12.1 Å². The summed E-state index contributed by atoms with van der Waals surface area (Å²) >= 11 is 10.9. The van der Waals surface area contributed by atoms with Crippen molar-refractivity contribution in [2.75, 3.05) is 13.7 Å². The lowest BCUT2D eigenvalue weighted by atomic mass is 9.91. The number of aliphatic hydroxyl groups excluding tert-OH is 1. The fraction of sp³-hybridized carbons (Fsp3) is 0.286. The van der Waals surface area contributed by atoms with Crippen molar-refractivity contribution in [3.05, 3.63) is 49.6 Å². The zero-order chi connectivity index (χ0) is 14.7. The van der Waals surface area contributed by atoms with Crippen molar-refractivity contribution in [1.29, 1.82) is 0 Å². The van der Waals surface area contributed by atoms with E-state index in [4.69, 9.17) is 22.1 Å². The SMILES string of the molecule is COc1ccc(Cl)cc1C(CN)C(O)c1ccc(Br)s1. The minimum Gasteiger partial charge on any atom is -0.496 e. The van der Waals surface area contributed by atoms with Gasteiger partial charge in [-0.1, -0.05) is 11.6 Å². The summed E-state index contributed by atoms with van der Waals surface area (Å²) in [6.07, 6.45) is -0.691. The smallest absolute Gasteiger partial charge is 0.122 e. The zero-order valence-corrected chi connectivity index (χ0v) is 14.0. The molecule has 0 aliphatic carbocycles. The average molecular weight is 377 g/mol. The molecule has 108 valence electrons. The van der Waals surface area contributed by atoms with Crippen LogP contribution < -0.4 is 10.5 Å². The maximum atomic E-state index is 10.6. The molecule has 0 saturated carbocycles. The van der Waals surface area contributed by atoms with Gasteiger partial charge in [0.2, 0.25) is 0 Å². The highest BCUT2D eigenvalue weighted by atomic mass is 79.9. The van der Waals surface area contributed by atoms with Gasteiger partial charge in [0.05, 0.1) is 17.0 Å². The Balaban J connectivity index is 2.39. The molecule has 1 aromatic carbocycles. The molecule has 2 atom stereocenters. The predicted octanol–water partition coefficient (Wildman–Crippen LogP) is 3.95. The lowest BCUT2D eigenvalue weighted by molar-refractivity contribution is 0.149. The number of halogens is 2. The third-order valence-corrected chi connectivity index (χ3v) is 5.04. The van der Waals surface area contributed by atoms with Gasteiger partial charge in [-0.2, -0.15) is 0 Å². The number of hydrogen-bond acceptors (Lipinski definition) is 4. The van der Waals surface area contributed by atoms with Gasteiger partial charge >= 0.3 is 0 Å². The maximum Gasteiger partial charge on any atom is 0.122 e. The van der Waals surface area contributed by atoms with Gasteiger partial charge in [-0.25, -0.2) is 0 Å². The van der Waals surface area contributed by atoms with E-state index in [9.17, 15) is 5.11 Å². The van der Waals surface area contributed by atoms with E-state index in [1.54, 1.807) is 25.3 Å². The number of aliphatic hydroxyl groups is 1. The minimum atomic E-state index is -0.691. The number of rotatable bonds is 5. The molecule has 3 N–H and O–H groups in total. The first kappa shape index (κ1) is 15.8. The van der Waals surface area contributed by atoms with Gasteiger partial charge in [0.15, 0.2) is 0 Å². The van der Waals surface area contributed by atoms with Crippen molar-refractivity contribution in [3.63, 3.8) is 0 Å². The van der Waals surface area contributed by atoms with Crippen LogP contribution in [0.15, 0.2) is 34.1 Å². The number of benzene rings is 1. The van der Waals surface area contributed by atoms with Crippen LogP contribution in [0.2, 0.25) is 5.02 Å². The van der Waals surface area contributed by atoms with Gasteiger partial charge in [-0.15, -0.1) is 11.3 Å². The maximum absolute atomic E-state index is 10.6. The Morgan fingerprint density at radius 3 is 2.70 bits per heavy atom. The molecule has 0 spiro atoms. The van der Waals surface area contributed by atoms with Crippen LogP contribution in [-0.4, -0.2) is 18.8 Å². The summed E-state index contributed by atoms with van der Waals surface area (Å²) in [5, 5.41) is 11.2. The fourth-order valence-corrected chi connectivity index (χ4v) is 3.76. The number of ether oxygens (including phenoxy) is 1. The molecule has 1 heterocycles. The fourth-order valence-electron chi connectivity index (χ4n) is 2.11. The quantitative estimate of drug-likeness (QED) is 0.831. The van der Waals surface area contributed by atoms with Crippen molar-refractivity contribution in [3.8, 4) is 5.75 Å². The Hall–Kier alpha value is -0.590. The van der Waals surface area contributed by atoms with Crippen LogP contribution in [0.1, 0.15) is 22.5 Å². The first-order valence-corrected chi connectivity index (χ1v) is 8.02. The van der Waals surface area contributed by atoms with Crippen LogP contribution in [0.5, 0.6) is 5.75 Å². The third kappa shape index (κ3) is 3.35. The third-order valence-electron chi connectivity index (χ3n) is 3.11. The second-order valence-corrected chi connectivity index (χ2v) is 7.25. The first-order valence-electron chi connectivity index (χ1n) is 6.03. The number of hydrogen-bond donors (Lipinski definition) is 2. The molecular weight excluding hydrogens is 362 g/mol. The van der Waals surface area contributed by atoms with E-state index in [-0.39, 0.29) is 5.92 Å². The lowest BCUT2D eigenvalue weighted by Crippen LogP contribution is -2.20. The van der Waals surface area contributed by atoms with Crippen molar-refractivity contribution in [1.82, 2.24) is 0 Å². The summed E-state index contributed by atoms with van der Waals surface area (Å²) in [4.78, 5) is 0.856. The topological polar surface area (TPSA) is 55.5 Å². The molecule has 2 aromatic rings. The Kier molecular flexibility index (Phi) is 5.46. The standard InChI is InChI=1S/C14H15BrClNO2S/c1-19-11-3-2-8(16)6-9(11)10(7-17)14(18)12-4-5-13(15)20-12/h2-6,10,14,18H,7,17H2,1H3. The van der Waals surface area contributed by atoms with E-state index in [0.29, 0.717) is 17.3 Å². The highest BCUT2D eigenvalue weighted by Gasteiger charge is 2.25. The summed E-state index contributed by atoms with van der Waals surface area (Å²) in [6, 6.07) is 9.14. The molecule has 0 saturated heterocycles. The van der Waals surface area contributed by atoms with Crippen molar-refractivity contribution < 1.29 is 9.84 Å². The molecule has 0 amide bonds. The van der Waals surface area contributed by atoms with Gasteiger partial charge in [-0.05, 0) is 46.3 Å². The Labute approximate surface area is 135 Å². The molecule has 0 radical (unpaired) electrons. The van der Waals surface area contributed by atoms with Crippen molar-refractivity contribution in [2.45, 2.75) is 12.0 Å². The predicted molar refractivity (Wildman–Crippen MR) is 86.8 cm³/mol. The van der Waals surface area contributed by atoms with Gasteiger partial charge in [0.25, 0.3) is 0 Å². The van der Waals surface area contributed by atoms with Crippen LogP contribution in [0, 0.1) is 0 Å². The summed E-state index contributed by atoms with van der Waals surface area (Å²) in [6.45, 7) is 0.299. The minimum absolute atomic E-state index is 0.269. The molecule has 0 fully saturated rings. The van der Waals surface area contributed by atoms with Crippen LogP contribution in [-0.2, 0) is 0 Å². The van der Waals surface area contributed by atoms with Crippen molar-refractivity contribution >= 4 is 38.9 Å². The molecule has 6 heteroatoms. The monoisotopic (exact) mass is 375 g/mol. The number of methoxy groups -OCH3 is 1. The molecule has 1 aromatic heterocycles. The highest BCUT2D eigenvalue weighted by molar-refractivity contribution is 9.11. The van der Waals surface area contributed by atoms with E-state index >= 15 is 0 Å². The van der Waals surface area contributed by atoms with Gasteiger partial charge in [0.1, 0.15) is 5.75 Å². The lowest BCUT2D eigenvalue weighted by Gasteiger charge is -2.23. The number of thiophene rings is 1. The normalized spacial score (nSPS) is 14.1. The number of nitrogens with two attached hydrogens (primary N) is 1. The van der Waals surface area contributed by atoms with Crippen LogP contribution >= 0.6 is 38.9 Å². The summed E-state index contributed by atoms with van der Waals surface area (Å²) in [5.74, 6) is 0.411. The Morgan fingerprint density at radius 2 is 2.15 bits per heavy atom. The second kappa shape index (κ2) is 6.91. The van der Waals surface area contributed by atoms with Gasteiger partial charge < -0.3 is 15.6 Å². The van der Waals surface area contributed by atoms with E-state index in [0.717, 1.165) is 14.2 Å². The molecule has 2 unspecified atom stereocenters. The van der Waals surface area contributed by atoms with E-state index < -0.39 is 6.10 Å². The molecule has 0 aliphatic heterocycles. The molecule has 20 heavy (non-hydrogen) atoms. The molecular formula is C14H15BrClNO2S. The highest BCUT2D eigenvalue weighted by Crippen LogP contribution is 2.39. The largest absolute Gasteiger partial charge is 0.496 e. The summed E-state index contributed by atoms with van der Waals surface area (Å²) in [5.41, 5.74) is 6.68. The Morgan fingerprint density at radius 1 is 1.40 bits per heavy atom. The summed E-state index contributed by atoms with van der Waals surface area (Å²) < 4.78 is 6.32. The van der Waals surface area contributed by atoms with Gasteiger partial charge in [0, 0.05) is 27.9 Å². The molecule has 3 nitrogen and oxygen atoms in total. The van der Waals surface area contributed by atoms with E-state index in [1.165, 1.54) is 11.3 Å². The molecule has 0 aliphatic rings. The van der Waals surface area contributed by atoms with E-state index in [2.05, 4.69) is 15.9 Å². The van der Waals surface area contributed by atoms with Crippen LogP contribution in [0.3, 0.4) is 0 Å². The summed E-state index contributed by atoms with van der Waals surface area (Å²) in [7, 11) is 1.59. The van der Waals surface area contributed by atoms with Gasteiger partial charge in [-0.3, -0.25) is 0 Å². The van der Waals surface area contributed by atoms with Crippen LogP contribution in [0.4, 0.5) is 0 Å². The average Bonchev–Trinajstić information content (AvgIpc) is 2.86. The molecule has 2 rings (SSSR count). The molecule has 0 bridgehead atoms. The second-order valence-electron chi connectivity index (χ2n) is 4.32. The Bertz CT molecular complexity index is 590. The zero-order valence-electron chi connectivity index (χ0n) is 10.8.